The summed E-state index contributed by atoms with van der Waals surface area (Å²) in [5, 5.41) is 26.3. The van der Waals surface area contributed by atoms with E-state index in [2.05, 4.69) is 0 Å². The predicted molar refractivity (Wildman–Crippen MR) is 71.6 cm³/mol. The van der Waals surface area contributed by atoms with Gasteiger partial charge in [0, 0.05) is 0 Å². The van der Waals surface area contributed by atoms with Crippen LogP contribution in [-0.2, 0) is 6.61 Å². The molecule has 9 heteroatoms. The van der Waals surface area contributed by atoms with E-state index in [0.717, 1.165) is 0 Å². The van der Waals surface area contributed by atoms with E-state index in [9.17, 15) is 17.6 Å². The van der Waals surface area contributed by atoms with E-state index in [4.69, 9.17) is 20.0 Å². The monoisotopic (exact) mass is 325 g/mol. The van der Waals surface area contributed by atoms with Crippen molar-refractivity contribution in [1.29, 1.82) is 5.26 Å². The zero-order valence-corrected chi connectivity index (χ0v) is 11.4. The van der Waals surface area contributed by atoms with Gasteiger partial charge in [-0.1, -0.05) is 12.1 Å². The molecule has 0 aliphatic carbocycles. The molecule has 0 saturated heterocycles. The molecule has 2 aromatic carbocycles. The number of nitriles is 1. The van der Waals surface area contributed by atoms with Crippen LogP contribution in [0.3, 0.4) is 0 Å². The van der Waals surface area contributed by atoms with Gasteiger partial charge in [0.1, 0.15) is 6.61 Å². The van der Waals surface area contributed by atoms with Gasteiger partial charge in [0.25, 0.3) is 0 Å². The molecule has 0 aliphatic heterocycles. The van der Waals surface area contributed by atoms with Gasteiger partial charge in [-0.2, -0.15) is 14.0 Å². The van der Waals surface area contributed by atoms with Crippen molar-refractivity contribution in [2.45, 2.75) is 6.61 Å². The van der Waals surface area contributed by atoms with Gasteiger partial charge in [-0.3, -0.25) is 0 Å². The molecule has 4 nitrogen and oxygen atoms in total. The number of ether oxygens (including phenoxy) is 1. The minimum atomic E-state index is -2.72. The highest BCUT2D eigenvalue weighted by Gasteiger charge is 2.32. The molecular weight excluding hydrogens is 317 g/mol. The summed E-state index contributed by atoms with van der Waals surface area (Å²) in [5.74, 6) is -9.02. The summed E-state index contributed by atoms with van der Waals surface area (Å²) in [6.45, 7) is -0.455. The van der Waals surface area contributed by atoms with Gasteiger partial charge in [-0.15, -0.1) is 0 Å². The average molecular weight is 325 g/mol. The number of nitrogens with zero attached hydrogens (tertiary/aromatic N) is 1. The number of halogens is 4. The van der Waals surface area contributed by atoms with Gasteiger partial charge >= 0.3 is 7.12 Å². The van der Waals surface area contributed by atoms with Gasteiger partial charge in [-0.05, 0) is 17.7 Å². The Morgan fingerprint density at radius 2 is 1.65 bits per heavy atom. The van der Waals surface area contributed by atoms with Crippen LogP contribution in [0.25, 0.3) is 0 Å². The molecule has 0 spiro atoms. The summed E-state index contributed by atoms with van der Waals surface area (Å²) >= 11 is 0. The lowest BCUT2D eigenvalue weighted by atomic mass is 9.79. The zero-order valence-electron chi connectivity index (χ0n) is 11.4. The molecule has 0 saturated carbocycles. The molecule has 2 aromatic rings. The van der Waals surface area contributed by atoms with E-state index in [0.29, 0.717) is 5.56 Å². The van der Waals surface area contributed by atoms with Crippen LogP contribution in [0, 0.1) is 34.6 Å². The molecule has 0 aliphatic rings. The fourth-order valence-corrected chi connectivity index (χ4v) is 1.87. The topological polar surface area (TPSA) is 73.5 Å². The average Bonchev–Trinajstić information content (AvgIpc) is 2.53. The first-order chi connectivity index (χ1) is 10.9. The van der Waals surface area contributed by atoms with Crippen LogP contribution in [0.4, 0.5) is 17.6 Å². The minimum Gasteiger partial charge on any atom is -0.483 e. The van der Waals surface area contributed by atoms with Crippen molar-refractivity contribution in [2.24, 2.45) is 0 Å². The second kappa shape index (κ2) is 6.68. The summed E-state index contributed by atoms with van der Waals surface area (Å²) in [5.41, 5.74) is -0.933. The highest BCUT2D eigenvalue weighted by molar-refractivity contribution is 6.58. The zero-order chi connectivity index (χ0) is 17.1. The highest BCUT2D eigenvalue weighted by Crippen LogP contribution is 2.26. The van der Waals surface area contributed by atoms with E-state index in [1.54, 1.807) is 0 Å². The van der Waals surface area contributed by atoms with E-state index in [1.807, 2.05) is 6.07 Å². The van der Waals surface area contributed by atoms with Crippen LogP contribution in [0.5, 0.6) is 5.75 Å². The largest absolute Gasteiger partial charge is 0.494 e. The number of hydrogen-bond donors (Lipinski definition) is 2. The highest BCUT2D eigenvalue weighted by atomic mass is 19.2. The molecule has 23 heavy (non-hydrogen) atoms. The van der Waals surface area contributed by atoms with Crippen LogP contribution in [0.1, 0.15) is 11.1 Å². The van der Waals surface area contributed by atoms with Gasteiger partial charge in [0.2, 0.25) is 11.6 Å². The first-order valence-electron chi connectivity index (χ1n) is 6.20. The summed E-state index contributed by atoms with van der Waals surface area (Å²) < 4.78 is 59.4. The van der Waals surface area contributed by atoms with E-state index in [-0.39, 0.29) is 5.56 Å². The maximum absolute atomic E-state index is 13.7. The summed E-state index contributed by atoms with van der Waals surface area (Å²) in [6, 6.07) is 7.68. The number of hydrogen-bond acceptors (Lipinski definition) is 4. The maximum atomic E-state index is 13.7. The van der Waals surface area contributed by atoms with Crippen molar-refractivity contribution in [3.8, 4) is 11.8 Å². The Bertz CT molecular complexity index is 763. The van der Waals surface area contributed by atoms with E-state index < -0.39 is 48.2 Å². The first kappa shape index (κ1) is 16.8. The van der Waals surface area contributed by atoms with Gasteiger partial charge in [0.05, 0.1) is 17.1 Å². The van der Waals surface area contributed by atoms with Gasteiger partial charge in [-0.25, -0.2) is 8.78 Å². The van der Waals surface area contributed by atoms with Crippen LogP contribution in [0.2, 0.25) is 0 Å². The summed E-state index contributed by atoms with van der Waals surface area (Å²) in [6.07, 6.45) is 0. The summed E-state index contributed by atoms with van der Waals surface area (Å²) in [4.78, 5) is 0. The second-order valence-electron chi connectivity index (χ2n) is 4.47. The Labute approximate surface area is 128 Å². The fourth-order valence-electron chi connectivity index (χ4n) is 1.87. The lowest BCUT2D eigenvalue weighted by Crippen LogP contribution is -2.37. The Morgan fingerprint density at radius 3 is 2.17 bits per heavy atom. The van der Waals surface area contributed by atoms with Crippen LogP contribution in [0.15, 0.2) is 24.3 Å². The Balaban J connectivity index is 2.35. The van der Waals surface area contributed by atoms with Crippen molar-refractivity contribution >= 4 is 12.6 Å². The molecule has 0 aromatic heterocycles. The molecule has 0 bridgehead atoms. The first-order valence-corrected chi connectivity index (χ1v) is 6.20. The lowest BCUT2D eigenvalue weighted by molar-refractivity contribution is 0.262. The van der Waals surface area contributed by atoms with Gasteiger partial charge in [0.15, 0.2) is 17.4 Å². The molecule has 0 fully saturated rings. The van der Waals surface area contributed by atoms with Crippen LogP contribution >= 0.6 is 0 Å². The van der Waals surface area contributed by atoms with E-state index in [1.165, 1.54) is 24.3 Å². The molecular formula is C14H8BF4NO3. The Kier molecular flexibility index (Phi) is 4.88. The van der Waals surface area contributed by atoms with Crippen molar-refractivity contribution in [3.63, 3.8) is 0 Å². The SMILES string of the molecule is N#Cc1cccc(COc2c(F)c(F)c(B(O)O)c(F)c2F)c1. The molecule has 2 rings (SSSR count). The smallest absolute Gasteiger partial charge is 0.483 e. The Hall–Kier alpha value is -2.57. The lowest BCUT2D eigenvalue weighted by Gasteiger charge is -2.12. The second-order valence-corrected chi connectivity index (χ2v) is 4.47. The number of benzene rings is 2. The normalized spacial score (nSPS) is 10.3. The molecule has 0 unspecified atom stereocenters. The van der Waals surface area contributed by atoms with Crippen LogP contribution in [-0.4, -0.2) is 17.2 Å². The predicted octanol–water partition coefficient (Wildman–Crippen LogP) is 1.37. The quantitative estimate of drug-likeness (QED) is 0.506. The van der Waals surface area contributed by atoms with Crippen molar-refractivity contribution in [1.82, 2.24) is 0 Å². The molecule has 0 atom stereocenters. The molecule has 118 valence electrons. The maximum Gasteiger partial charge on any atom is 0.494 e. The van der Waals surface area contributed by atoms with Crippen molar-refractivity contribution in [2.75, 3.05) is 0 Å². The minimum absolute atomic E-state index is 0.267. The third kappa shape index (κ3) is 3.28. The Morgan fingerprint density at radius 1 is 1.04 bits per heavy atom. The van der Waals surface area contributed by atoms with Crippen molar-refractivity contribution in [3.05, 3.63) is 58.7 Å². The summed E-state index contributed by atoms with van der Waals surface area (Å²) in [7, 11) is -2.72. The molecule has 2 N–H and O–H groups in total. The third-order valence-corrected chi connectivity index (χ3v) is 2.95. The van der Waals surface area contributed by atoms with E-state index >= 15 is 0 Å². The van der Waals surface area contributed by atoms with Gasteiger partial charge < -0.3 is 14.8 Å². The van der Waals surface area contributed by atoms with Crippen molar-refractivity contribution < 1.29 is 32.3 Å². The third-order valence-electron chi connectivity index (χ3n) is 2.95. The molecule has 0 radical (unpaired) electrons. The van der Waals surface area contributed by atoms with Crippen LogP contribution < -0.4 is 10.2 Å². The number of rotatable bonds is 4. The fraction of sp³-hybridized carbons (Fsp3) is 0.0714. The standard InChI is InChI=1S/C14H8BF4NO3/c16-10-9(15(21)22)11(17)13(19)14(12(10)18)23-6-8-3-1-2-7(4-8)5-20/h1-4,21-22H,6H2. The molecule has 0 heterocycles. The molecule has 0 amide bonds.